The van der Waals surface area contributed by atoms with E-state index in [-0.39, 0.29) is 0 Å². The van der Waals surface area contributed by atoms with Crippen molar-refractivity contribution in [1.82, 2.24) is 19.6 Å². The highest BCUT2D eigenvalue weighted by Gasteiger charge is 2.04. The molecule has 0 spiro atoms. The molecular formula is C11H17N5. The van der Waals surface area contributed by atoms with Crippen molar-refractivity contribution >= 4 is 0 Å². The van der Waals surface area contributed by atoms with E-state index in [1.54, 1.807) is 0 Å². The Balaban J connectivity index is 2.02. The van der Waals surface area contributed by atoms with E-state index in [0.29, 0.717) is 6.54 Å². The Morgan fingerprint density at radius 2 is 2.25 bits per heavy atom. The SMILES string of the molecule is Cc1nn(CCc2ccnn2C)cc1CN. The van der Waals surface area contributed by atoms with Gasteiger partial charge in [0.2, 0.25) is 0 Å². The third-order valence-electron chi connectivity index (χ3n) is 2.79. The first kappa shape index (κ1) is 10.9. The third-order valence-corrected chi connectivity index (χ3v) is 2.79. The van der Waals surface area contributed by atoms with Crippen LogP contribution in [0.4, 0.5) is 0 Å². The lowest BCUT2D eigenvalue weighted by Gasteiger charge is -2.02. The number of hydrogen-bond acceptors (Lipinski definition) is 3. The number of nitrogens with zero attached hydrogens (tertiary/aromatic N) is 4. The molecule has 2 heterocycles. The molecule has 2 aromatic heterocycles. The van der Waals surface area contributed by atoms with Crippen molar-refractivity contribution in [3.05, 3.63) is 35.4 Å². The van der Waals surface area contributed by atoms with Crippen LogP contribution in [0.25, 0.3) is 0 Å². The zero-order chi connectivity index (χ0) is 11.5. The molecule has 5 nitrogen and oxygen atoms in total. The van der Waals surface area contributed by atoms with Crippen LogP contribution < -0.4 is 5.73 Å². The second-order valence-corrected chi connectivity index (χ2v) is 3.90. The molecular weight excluding hydrogens is 202 g/mol. The molecule has 2 rings (SSSR count). The first-order chi connectivity index (χ1) is 7.70. The summed E-state index contributed by atoms with van der Waals surface area (Å²) >= 11 is 0. The molecule has 0 unspecified atom stereocenters. The van der Waals surface area contributed by atoms with Gasteiger partial charge in [-0.25, -0.2) is 0 Å². The van der Waals surface area contributed by atoms with Gasteiger partial charge in [-0.05, 0) is 13.0 Å². The van der Waals surface area contributed by atoms with Crippen LogP contribution in [0.2, 0.25) is 0 Å². The number of rotatable bonds is 4. The summed E-state index contributed by atoms with van der Waals surface area (Å²) in [7, 11) is 1.95. The van der Waals surface area contributed by atoms with Gasteiger partial charge in [0.15, 0.2) is 0 Å². The quantitative estimate of drug-likeness (QED) is 0.820. The lowest BCUT2D eigenvalue weighted by Crippen LogP contribution is -2.06. The predicted octanol–water partition coefficient (Wildman–Crippen LogP) is 0.626. The van der Waals surface area contributed by atoms with E-state index in [0.717, 1.165) is 24.2 Å². The van der Waals surface area contributed by atoms with Crippen LogP contribution in [0.3, 0.4) is 0 Å². The van der Waals surface area contributed by atoms with E-state index < -0.39 is 0 Å². The molecule has 0 aliphatic carbocycles. The smallest absolute Gasteiger partial charge is 0.0638 e. The lowest BCUT2D eigenvalue weighted by molar-refractivity contribution is 0.582. The minimum absolute atomic E-state index is 0.553. The predicted molar refractivity (Wildman–Crippen MR) is 61.8 cm³/mol. The molecule has 0 atom stereocenters. The van der Waals surface area contributed by atoms with Gasteiger partial charge in [-0.15, -0.1) is 0 Å². The summed E-state index contributed by atoms with van der Waals surface area (Å²) in [6.45, 7) is 3.40. The highest BCUT2D eigenvalue weighted by atomic mass is 15.3. The molecule has 0 fully saturated rings. The fraction of sp³-hybridized carbons (Fsp3) is 0.455. The van der Waals surface area contributed by atoms with E-state index in [1.165, 1.54) is 5.69 Å². The Labute approximate surface area is 94.9 Å². The van der Waals surface area contributed by atoms with Gasteiger partial charge in [0.05, 0.1) is 5.69 Å². The molecule has 0 saturated carbocycles. The van der Waals surface area contributed by atoms with Crippen LogP contribution in [-0.4, -0.2) is 19.6 Å². The molecule has 0 aromatic carbocycles. The van der Waals surface area contributed by atoms with Gasteiger partial charge in [0, 0.05) is 50.2 Å². The molecule has 2 N–H and O–H groups in total. The van der Waals surface area contributed by atoms with Gasteiger partial charge >= 0.3 is 0 Å². The van der Waals surface area contributed by atoms with Crippen LogP contribution in [0.5, 0.6) is 0 Å². The molecule has 0 amide bonds. The Morgan fingerprint density at radius 3 is 2.81 bits per heavy atom. The minimum Gasteiger partial charge on any atom is -0.326 e. The first-order valence-electron chi connectivity index (χ1n) is 5.40. The number of aryl methyl sites for hydroxylation is 4. The van der Waals surface area contributed by atoms with Gasteiger partial charge in [0.25, 0.3) is 0 Å². The van der Waals surface area contributed by atoms with Crippen LogP contribution >= 0.6 is 0 Å². The van der Waals surface area contributed by atoms with Gasteiger partial charge in [-0.2, -0.15) is 10.2 Å². The zero-order valence-electron chi connectivity index (χ0n) is 9.72. The van der Waals surface area contributed by atoms with Crippen molar-refractivity contribution in [2.24, 2.45) is 12.8 Å². The molecule has 0 saturated heterocycles. The Morgan fingerprint density at radius 1 is 1.44 bits per heavy atom. The maximum atomic E-state index is 5.61. The second kappa shape index (κ2) is 4.49. The van der Waals surface area contributed by atoms with E-state index in [1.807, 2.05) is 41.8 Å². The summed E-state index contributed by atoms with van der Waals surface area (Å²) in [5.74, 6) is 0. The fourth-order valence-electron chi connectivity index (χ4n) is 1.75. The largest absolute Gasteiger partial charge is 0.326 e. The highest BCUT2D eigenvalue weighted by Crippen LogP contribution is 2.06. The van der Waals surface area contributed by atoms with Crippen LogP contribution in [0, 0.1) is 6.92 Å². The van der Waals surface area contributed by atoms with E-state index in [9.17, 15) is 0 Å². The Kier molecular flexibility index (Phi) is 3.05. The lowest BCUT2D eigenvalue weighted by atomic mass is 10.3. The van der Waals surface area contributed by atoms with Crippen molar-refractivity contribution in [3.63, 3.8) is 0 Å². The molecule has 5 heteroatoms. The molecule has 0 bridgehead atoms. The third kappa shape index (κ3) is 2.14. The van der Waals surface area contributed by atoms with Crippen molar-refractivity contribution in [2.75, 3.05) is 0 Å². The van der Waals surface area contributed by atoms with Crippen molar-refractivity contribution in [2.45, 2.75) is 26.4 Å². The first-order valence-corrected chi connectivity index (χ1v) is 5.40. The number of hydrogen-bond donors (Lipinski definition) is 1. The van der Waals surface area contributed by atoms with Crippen LogP contribution in [-0.2, 0) is 26.6 Å². The maximum absolute atomic E-state index is 5.61. The van der Waals surface area contributed by atoms with E-state index in [2.05, 4.69) is 10.2 Å². The van der Waals surface area contributed by atoms with Gasteiger partial charge in [-0.1, -0.05) is 0 Å². The Hall–Kier alpha value is -1.62. The van der Waals surface area contributed by atoms with Crippen LogP contribution in [0.1, 0.15) is 17.0 Å². The summed E-state index contributed by atoms with van der Waals surface area (Å²) in [5, 5.41) is 8.55. The standard InChI is InChI=1S/C11H17N5/c1-9-10(7-12)8-16(14-9)6-4-11-3-5-13-15(11)2/h3,5,8H,4,6-7,12H2,1-2H3. The molecule has 0 radical (unpaired) electrons. The topological polar surface area (TPSA) is 61.7 Å². The molecule has 0 aliphatic heterocycles. The summed E-state index contributed by atoms with van der Waals surface area (Å²) < 4.78 is 3.84. The van der Waals surface area contributed by atoms with Crippen LogP contribution in [0.15, 0.2) is 18.5 Å². The van der Waals surface area contributed by atoms with Crippen molar-refractivity contribution in [1.29, 1.82) is 0 Å². The highest BCUT2D eigenvalue weighted by molar-refractivity contribution is 5.14. The molecule has 0 aliphatic rings. The monoisotopic (exact) mass is 219 g/mol. The average Bonchev–Trinajstić information content (AvgIpc) is 2.82. The van der Waals surface area contributed by atoms with E-state index in [4.69, 9.17) is 5.73 Å². The number of nitrogens with two attached hydrogens (primary N) is 1. The maximum Gasteiger partial charge on any atom is 0.0638 e. The molecule has 86 valence electrons. The minimum atomic E-state index is 0.553. The zero-order valence-corrected chi connectivity index (χ0v) is 9.72. The second-order valence-electron chi connectivity index (χ2n) is 3.90. The normalized spacial score (nSPS) is 10.9. The van der Waals surface area contributed by atoms with Gasteiger partial charge in [-0.3, -0.25) is 9.36 Å². The van der Waals surface area contributed by atoms with Crippen molar-refractivity contribution in [3.8, 4) is 0 Å². The summed E-state index contributed by atoms with van der Waals surface area (Å²) in [6.07, 6.45) is 4.77. The molecule has 2 aromatic rings. The average molecular weight is 219 g/mol. The summed E-state index contributed by atoms with van der Waals surface area (Å²) in [4.78, 5) is 0. The summed E-state index contributed by atoms with van der Waals surface area (Å²) in [5.41, 5.74) is 8.96. The van der Waals surface area contributed by atoms with E-state index >= 15 is 0 Å². The van der Waals surface area contributed by atoms with Crippen molar-refractivity contribution < 1.29 is 0 Å². The number of aromatic nitrogens is 4. The Bertz CT molecular complexity index is 468. The van der Waals surface area contributed by atoms with Gasteiger partial charge < -0.3 is 5.73 Å². The summed E-state index contributed by atoms with van der Waals surface area (Å²) in [6, 6.07) is 2.03. The van der Waals surface area contributed by atoms with Gasteiger partial charge in [0.1, 0.15) is 0 Å². The fourth-order valence-corrected chi connectivity index (χ4v) is 1.75. The molecule has 16 heavy (non-hydrogen) atoms.